The van der Waals surface area contributed by atoms with Crippen LogP contribution in [0.2, 0.25) is 0 Å². The van der Waals surface area contributed by atoms with Gasteiger partial charge in [-0.2, -0.15) is 4.31 Å². The molecule has 2 aromatic carbocycles. The topological polar surface area (TPSA) is 60.9 Å². The summed E-state index contributed by atoms with van der Waals surface area (Å²) < 4.78 is 27.3. The molecular formula is C23H29N3O3S. The Bertz CT molecular complexity index is 965. The zero-order chi connectivity index (χ0) is 21.1. The van der Waals surface area contributed by atoms with E-state index in [2.05, 4.69) is 17.0 Å². The van der Waals surface area contributed by atoms with E-state index in [1.54, 1.807) is 12.1 Å². The number of hydrogen-bond donors (Lipinski definition) is 0. The number of amides is 1. The van der Waals surface area contributed by atoms with Gasteiger partial charge >= 0.3 is 0 Å². The van der Waals surface area contributed by atoms with Crippen molar-refractivity contribution < 1.29 is 13.2 Å². The molecule has 160 valence electrons. The standard InChI is InChI=1S/C23H29N3O3S/c1-19-7-11-22(12-8-19)30(28,29)25-15-13-24(14-16-25)18-23(27)26(21-9-10-21)17-20-5-3-2-4-6-20/h2-8,11-12,21H,9-10,13-18H2,1H3. The van der Waals surface area contributed by atoms with Gasteiger partial charge in [-0.05, 0) is 37.5 Å². The number of benzene rings is 2. The van der Waals surface area contributed by atoms with Crippen LogP contribution in [0.25, 0.3) is 0 Å². The third kappa shape index (κ3) is 4.91. The monoisotopic (exact) mass is 427 g/mol. The molecule has 0 aromatic heterocycles. The lowest BCUT2D eigenvalue weighted by Crippen LogP contribution is -2.51. The summed E-state index contributed by atoms with van der Waals surface area (Å²) in [6.07, 6.45) is 2.14. The summed E-state index contributed by atoms with van der Waals surface area (Å²) in [7, 11) is -3.48. The molecule has 1 heterocycles. The van der Waals surface area contributed by atoms with Crippen molar-refractivity contribution in [2.45, 2.75) is 37.2 Å². The van der Waals surface area contributed by atoms with Gasteiger partial charge in [-0.1, -0.05) is 48.0 Å². The lowest BCUT2D eigenvalue weighted by Gasteiger charge is -2.35. The Morgan fingerprint density at radius 2 is 1.60 bits per heavy atom. The van der Waals surface area contributed by atoms with Crippen LogP contribution >= 0.6 is 0 Å². The molecule has 2 aliphatic rings. The van der Waals surface area contributed by atoms with Gasteiger partial charge in [0.1, 0.15) is 0 Å². The van der Waals surface area contributed by atoms with Crippen molar-refractivity contribution in [2.24, 2.45) is 0 Å². The highest BCUT2D eigenvalue weighted by molar-refractivity contribution is 7.89. The van der Waals surface area contributed by atoms with E-state index in [-0.39, 0.29) is 5.91 Å². The van der Waals surface area contributed by atoms with Crippen LogP contribution in [-0.4, -0.2) is 67.2 Å². The first-order valence-electron chi connectivity index (χ1n) is 10.6. The second-order valence-corrected chi connectivity index (χ2v) is 10.2. The molecule has 1 saturated carbocycles. The quantitative estimate of drug-likeness (QED) is 0.681. The Hall–Kier alpha value is -2.22. The highest BCUT2D eigenvalue weighted by Crippen LogP contribution is 2.28. The number of rotatable bonds is 7. The molecule has 0 N–H and O–H groups in total. The molecule has 0 atom stereocenters. The van der Waals surface area contributed by atoms with Crippen LogP contribution < -0.4 is 0 Å². The average Bonchev–Trinajstić information content (AvgIpc) is 3.58. The van der Waals surface area contributed by atoms with Gasteiger partial charge < -0.3 is 4.90 Å². The molecule has 30 heavy (non-hydrogen) atoms. The number of hydrogen-bond acceptors (Lipinski definition) is 4. The van der Waals surface area contributed by atoms with Gasteiger partial charge in [-0.25, -0.2) is 8.42 Å². The van der Waals surface area contributed by atoms with Crippen molar-refractivity contribution in [2.75, 3.05) is 32.7 Å². The zero-order valence-electron chi connectivity index (χ0n) is 17.4. The molecule has 2 fully saturated rings. The SMILES string of the molecule is Cc1ccc(S(=O)(=O)N2CCN(CC(=O)N(Cc3ccccc3)C3CC3)CC2)cc1. The fraction of sp³-hybridized carbons (Fsp3) is 0.435. The predicted molar refractivity (Wildman–Crippen MR) is 116 cm³/mol. The Kier molecular flexibility index (Phi) is 6.22. The van der Waals surface area contributed by atoms with Crippen molar-refractivity contribution in [3.05, 3.63) is 65.7 Å². The van der Waals surface area contributed by atoms with Crippen LogP contribution in [0.5, 0.6) is 0 Å². The summed E-state index contributed by atoms with van der Waals surface area (Å²) in [5.74, 6) is 0.135. The van der Waals surface area contributed by atoms with Crippen molar-refractivity contribution in [3.8, 4) is 0 Å². The van der Waals surface area contributed by atoms with E-state index in [1.807, 2.05) is 42.2 Å². The van der Waals surface area contributed by atoms with E-state index in [1.165, 1.54) is 4.31 Å². The Morgan fingerprint density at radius 1 is 0.967 bits per heavy atom. The fourth-order valence-electron chi connectivity index (χ4n) is 3.86. The van der Waals surface area contributed by atoms with Crippen LogP contribution in [0.4, 0.5) is 0 Å². The predicted octanol–water partition coefficient (Wildman–Crippen LogP) is 2.49. The Morgan fingerprint density at radius 3 is 2.20 bits per heavy atom. The summed E-state index contributed by atoms with van der Waals surface area (Å²) in [5, 5.41) is 0. The number of aryl methyl sites for hydroxylation is 1. The first-order valence-corrected chi connectivity index (χ1v) is 12.0. The lowest BCUT2D eigenvalue weighted by molar-refractivity contribution is -0.133. The number of carbonyl (C=O) groups is 1. The third-order valence-corrected chi connectivity index (χ3v) is 7.77. The highest BCUT2D eigenvalue weighted by atomic mass is 32.2. The van der Waals surface area contributed by atoms with Gasteiger partial charge in [0, 0.05) is 38.8 Å². The first-order chi connectivity index (χ1) is 14.4. The van der Waals surface area contributed by atoms with E-state index < -0.39 is 10.0 Å². The van der Waals surface area contributed by atoms with Gasteiger partial charge in [0.15, 0.2) is 0 Å². The molecule has 6 nitrogen and oxygen atoms in total. The fourth-order valence-corrected chi connectivity index (χ4v) is 5.28. The van der Waals surface area contributed by atoms with Crippen LogP contribution in [0.1, 0.15) is 24.0 Å². The van der Waals surface area contributed by atoms with Crippen molar-refractivity contribution in [1.29, 1.82) is 0 Å². The highest BCUT2D eigenvalue weighted by Gasteiger charge is 2.34. The molecule has 1 aliphatic heterocycles. The maximum atomic E-state index is 13.0. The lowest BCUT2D eigenvalue weighted by atomic mass is 10.2. The van der Waals surface area contributed by atoms with Crippen molar-refractivity contribution >= 4 is 15.9 Å². The molecule has 1 amide bonds. The van der Waals surface area contributed by atoms with Crippen molar-refractivity contribution in [1.82, 2.24) is 14.1 Å². The first kappa shape index (κ1) is 21.0. The molecule has 7 heteroatoms. The normalized spacial score (nSPS) is 18.3. The van der Waals surface area contributed by atoms with E-state index in [4.69, 9.17) is 0 Å². The minimum Gasteiger partial charge on any atom is -0.334 e. The summed E-state index contributed by atoms with van der Waals surface area (Å²) in [6, 6.07) is 17.4. The van der Waals surface area contributed by atoms with Crippen LogP contribution in [0, 0.1) is 6.92 Å². The van der Waals surface area contributed by atoms with E-state index in [0.29, 0.717) is 50.2 Å². The minimum absolute atomic E-state index is 0.135. The van der Waals surface area contributed by atoms with Crippen LogP contribution in [0.15, 0.2) is 59.5 Å². The number of piperazine rings is 1. The average molecular weight is 428 g/mol. The third-order valence-electron chi connectivity index (χ3n) is 5.85. The zero-order valence-corrected chi connectivity index (χ0v) is 18.2. The molecule has 1 aliphatic carbocycles. The number of sulfonamides is 1. The van der Waals surface area contributed by atoms with Crippen LogP contribution in [0.3, 0.4) is 0 Å². The second kappa shape index (κ2) is 8.88. The van der Waals surface area contributed by atoms with E-state index in [0.717, 1.165) is 24.0 Å². The smallest absolute Gasteiger partial charge is 0.243 e. The van der Waals surface area contributed by atoms with E-state index >= 15 is 0 Å². The molecular weight excluding hydrogens is 398 g/mol. The van der Waals surface area contributed by atoms with Crippen molar-refractivity contribution in [3.63, 3.8) is 0 Å². The number of nitrogens with zero attached hydrogens (tertiary/aromatic N) is 3. The van der Waals surface area contributed by atoms with Gasteiger partial charge in [-0.3, -0.25) is 9.69 Å². The molecule has 4 rings (SSSR count). The second-order valence-electron chi connectivity index (χ2n) is 8.23. The Labute approximate surface area is 179 Å². The molecule has 0 bridgehead atoms. The maximum absolute atomic E-state index is 13.0. The summed E-state index contributed by atoms with van der Waals surface area (Å²) >= 11 is 0. The summed E-state index contributed by atoms with van der Waals surface area (Å²) in [4.78, 5) is 17.4. The van der Waals surface area contributed by atoms with Gasteiger partial charge in [-0.15, -0.1) is 0 Å². The molecule has 1 saturated heterocycles. The van der Waals surface area contributed by atoms with Gasteiger partial charge in [0.05, 0.1) is 11.4 Å². The minimum atomic E-state index is -3.48. The largest absolute Gasteiger partial charge is 0.334 e. The number of carbonyl (C=O) groups excluding carboxylic acids is 1. The van der Waals surface area contributed by atoms with Gasteiger partial charge in [0.2, 0.25) is 15.9 Å². The molecule has 2 aromatic rings. The van der Waals surface area contributed by atoms with Crippen LogP contribution in [-0.2, 0) is 21.4 Å². The molecule has 0 radical (unpaired) electrons. The summed E-state index contributed by atoms with van der Waals surface area (Å²) in [6.45, 7) is 4.89. The summed E-state index contributed by atoms with van der Waals surface area (Å²) in [5.41, 5.74) is 2.18. The van der Waals surface area contributed by atoms with E-state index in [9.17, 15) is 13.2 Å². The van der Waals surface area contributed by atoms with Gasteiger partial charge in [0.25, 0.3) is 0 Å². The maximum Gasteiger partial charge on any atom is 0.243 e. The molecule has 0 unspecified atom stereocenters. The molecule has 0 spiro atoms. The Balaban J connectivity index is 1.33.